The van der Waals surface area contributed by atoms with Crippen molar-refractivity contribution in [2.45, 2.75) is 0 Å². The highest BCUT2D eigenvalue weighted by Crippen LogP contribution is 2.35. The van der Waals surface area contributed by atoms with Crippen LogP contribution in [0.25, 0.3) is 20.5 Å². The van der Waals surface area contributed by atoms with Crippen molar-refractivity contribution in [1.82, 2.24) is 0 Å². The Balaban J connectivity index is 2.00. The summed E-state index contributed by atoms with van der Waals surface area (Å²) in [5, 5.41) is 1.21. The minimum Gasteiger partial charge on any atom is -0.467 e. The Bertz CT molecular complexity index is 744. The Hall–Kier alpha value is -2.17. The molecule has 3 nitrogen and oxygen atoms in total. The number of ether oxygens (including phenoxy) is 2. The molecule has 1 aromatic heterocycles. The van der Waals surface area contributed by atoms with Gasteiger partial charge in [-0.2, -0.15) is 0 Å². The molecular formula is C17H14O3S. The van der Waals surface area contributed by atoms with Gasteiger partial charge < -0.3 is 9.47 Å². The van der Waals surface area contributed by atoms with Gasteiger partial charge in [-0.25, -0.2) is 0 Å². The van der Waals surface area contributed by atoms with Crippen LogP contribution < -0.4 is 4.74 Å². The van der Waals surface area contributed by atoms with Crippen LogP contribution in [0.4, 0.5) is 0 Å². The van der Waals surface area contributed by atoms with E-state index in [4.69, 9.17) is 9.47 Å². The molecule has 0 aliphatic heterocycles. The molecule has 0 fully saturated rings. The molecule has 0 atom stereocenters. The lowest BCUT2D eigenvalue weighted by Gasteiger charge is -2.08. The summed E-state index contributed by atoms with van der Waals surface area (Å²) in [6.07, 6.45) is 0.807. The molecule has 21 heavy (non-hydrogen) atoms. The average Bonchev–Trinajstić information content (AvgIpc) is 2.96. The molecule has 2 aromatic carbocycles. The molecule has 0 N–H and O–H groups in total. The number of carbonyl (C=O) groups is 1. The van der Waals surface area contributed by atoms with E-state index in [0.717, 1.165) is 16.7 Å². The zero-order valence-corrected chi connectivity index (χ0v) is 12.4. The second kappa shape index (κ2) is 6.08. The Labute approximate surface area is 126 Å². The highest BCUT2D eigenvalue weighted by molar-refractivity contribution is 7.22. The van der Waals surface area contributed by atoms with Gasteiger partial charge in [0.15, 0.2) is 13.1 Å². The molecule has 0 saturated heterocycles. The van der Waals surface area contributed by atoms with E-state index < -0.39 is 0 Å². The van der Waals surface area contributed by atoms with Gasteiger partial charge >= 0.3 is 0 Å². The van der Waals surface area contributed by atoms with Crippen molar-refractivity contribution in [3.63, 3.8) is 0 Å². The van der Waals surface area contributed by atoms with Crippen molar-refractivity contribution in [3.05, 3.63) is 54.1 Å². The van der Waals surface area contributed by atoms with Gasteiger partial charge in [0.1, 0.15) is 5.75 Å². The number of fused-ring (bicyclic) bond motifs is 1. The quantitative estimate of drug-likeness (QED) is 0.518. The fourth-order valence-corrected chi connectivity index (χ4v) is 3.23. The molecule has 0 aliphatic carbocycles. The minimum atomic E-state index is 0.128. The van der Waals surface area contributed by atoms with Crippen LogP contribution >= 0.6 is 11.3 Å². The summed E-state index contributed by atoms with van der Waals surface area (Å²) >= 11 is 1.71. The van der Waals surface area contributed by atoms with Crippen LogP contribution in [0.15, 0.2) is 48.5 Å². The Kier molecular flexibility index (Phi) is 3.99. The van der Waals surface area contributed by atoms with Crippen molar-refractivity contribution in [1.29, 1.82) is 0 Å². The maximum Gasteiger partial charge on any atom is 0.188 e. The van der Waals surface area contributed by atoms with Crippen molar-refractivity contribution in [2.75, 3.05) is 13.9 Å². The Morgan fingerprint density at radius 1 is 1.14 bits per heavy atom. The fraction of sp³-hybridized carbons (Fsp3) is 0.118. The summed E-state index contributed by atoms with van der Waals surface area (Å²) in [7, 11) is 1.55. The molecule has 0 radical (unpaired) electrons. The van der Waals surface area contributed by atoms with Crippen molar-refractivity contribution < 1.29 is 14.3 Å². The lowest BCUT2D eigenvalue weighted by atomic mass is 10.1. The fourth-order valence-electron chi connectivity index (χ4n) is 2.17. The molecule has 0 unspecified atom stereocenters. The van der Waals surface area contributed by atoms with Gasteiger partial charge in [0, 0.05) is 16.7 Å². The molecule has 3 rings (SSSR count). The van der Waals surface area contributed by atoms with Crippen molar-refractivity contribution >= 4 is 27.7 Å². The highest BCUT2D eigenvalue weighted by atomic mass is 32.1. The monoisotopic (exact) mass is 298 g/mol. The van der Waals surface area contributed by atoms with E-state index in [0.29, 0.717) is 11.3 Å². The van der Waals surface area contributed by atoms with Gasteiger partial charge in [-0.15, -0.1) is 11.3 Å². The van der Waals surface area contributed by atoms with E-state index in [-0.39, 0.29) is 6.79 Å². The van der Waals surface area contributed by atoms with E-state index in [1.54, 1.807) is 18.4 Å². The summed E-state index contributed by atoms with van der Waals surface area (Å²) in [5.41, 5.74) is 1.55. The van der Waals surface area contributed by atoms with Gasteiger partial charge in [-0.05, 0) is 41.3 Å². The largest absolute Gasteiger partial charge is 0.467 e. The molecule has 3 aromatic rings. The van der Waals surface area contributed by atoms with Gasteiger partial charge in [-0.1, -0.05) is 18.2 Å². The Morgan fingerprint density at radius 3 is 2.76 bits per heavy atom. The van der Waals surface area contributed by atoms with E-state index >= 15 is 0 Å². The Morgan fingerprint density at radius 2 is 2.00 bits per heavy atom. The first kappa shape index (κ1) is 13.8. The van der Waals surface area contributed by atoms with Crippen molar-refractivity contribution in [2.24, 2.45) is 0 Å². The van der Waals surface area contributed by atoms with Crippen LogP contribution in [0.5, 0.6) is 5.75 Å². The zero-order valence-electron chi connectivity index (χ0n) is 11.5. The lowest BCUT2D eigenvalue weighted by molar-refractivity contribution is 0.0505. The third kappa shape index (κ3) is 2.82. The van der Waals surface area contributed by atoms with E-state index in [1.165, 1.54) is 10.1 Å². The van der Waals surface area contributed by atoms with Crippen LogP contribution in [-0.2, 0) is 4.74 Å². The lowest BCUT2D eigenvalue weighted by Crippen LogP contribution is -2.01. The predicted octanol–water partition coefficient (Wildman–Crippen LogP) is 4.36. The average molecular weight is 298 g/mol. The van der Waals surface area contributed by atoms with Gasteiger partial charge in [-0.3, -0.25) is 4.79 Å². The third-order valence-corrected chi connectivity index (χ3v) is 4.34. The van der Waals surface area contributed by atoms with Crippen LogP contribution in [0.3, 0.4) is 0 Å². The number of aldehydes is 1. The molecule has 0 amide bonds. The SMILES string of the molecule is COCOc1ccc(-c2cc3ccccc3s2)cc1C=O. The zero-order chi connectivity index (χ0) is 14.7. The number of carbonyl (C=O) groups excluding carboxylic acids is 1. The first-order valence-corrected chi connectivity index (χ1v) is 7.33. The highest BCUT2D eigenvalue weighted by Gasteiger charge is 2.08. The topological polar surface area (TPSA) is 35.5 Å². The molecule has 0 bridgehead atoms. The number of rotatable bonds is 5. The summed E-state index contributed by atoms with van der Waals surface area (Å²) in [4.78, 5) is 12.4. The first-order valence-electron chi connectivity index (χ1n) is 6.52. The molecule has 0 saturated carbocycles. The number of benzene rings is 2. The maximum atomic E-state index is 11.2. The van der Waals surface area contributed by atoms with Crippen LogP contribution in [-0.4, -0.2) is 20.2 Å². The van der Waals surface area contributed by atoms with E-state index in [1.807, 2.05) is 30.3 Å². The molecule has 4 heteroatoms. The summed E-state index contributed by atoms with van der Waals surface area (Å²) in [6, 6.07) is 16.0. The first-order chi connectivity index (χ1) is 10.3. The predicted molar refractivity (Wildman–Crippen MR) is 85.2 cm³/mol. The van der Waals surface area contributed by atoms with Gasteiger partial charge in [0.2, 0.25) is 0 Å². The minimum absolute atomic E-state index is 0.128. The van der Waals surface area contributed by atoms with Crippen LogP contribution in [0, 0.1) is 0 Å². The van der Waals surface area contributed by atoms with Crippen LogP contribution in [0.2, 0.25) is 0 Å². The van der Waals surface area contributed by atoms with Crippen molar-refractivity contribution in [3.8, 4) is 16.2 Å². The molecular weight excluding hydrogens is 284 g/mol. The maximum absolute atomic E-state index is 11.2. The van der Waals surface area contributed by atoms with Gasteiger partial charge in [0.25, 0.3) is 0 Å². The standard InChI is InChI=1S/C17H14O3S/c1-19-11-20-15-7-6-13(8-14(15)10-18)17-9-12-4-2-3-5-16(12)21-17/h2-10H,11H2,1H3. The third-order valence-electron chi connectivity index (χ3n) is 3.18. The summed E-state index contributed by atoms with van der Waals surface area (Å²) < 4.78 is 11.5. The number of hydrogen-bond acceptors (Lipinski definition) is 4. The van der Waals surface area contributed by atoms with Gasteiger partial charge in [0.05, 0.1) is 5.56 Å². The normalized spacial score (nSPS) is 10.7. The molecule has 0 aliphatic rings. The molecule has 1 heterocycles. The number of hydrogen-bond donors (Lipinski definition) is 0. The number of methoxy groups -OCH3 is 1. The molecule has 0 spiro atoms. The summed E-state index contributed by atoms with van der Waals surface area (Å²) in [5.74, 6) is 0.539. The summed E-state index contributed by atoms with van der Waals surface area (Å²) in [6.45, 7) is 0.128. The van der Waals surface area contributed by atoms with E-state index in [9.17, 15) is 4.79 Å². The van der Waals surface area contributed by atoms with E-state index in [2.05, 4.69) is 18.2 Å². The second-order valence-electron chi connectivity index (χ2n) is 4.57. The number of thiophene rings is 1. The second-order valence-corrected chi connectivity index (χ2v) is 5.65. The smallest absolute Gasteiger partial charge is 0.188 e. The molecule has 106 valence electrons. The van der Waals surface area contributed by atoms with Crippen LogP contribution in [0.1, 0.15) is 10.4 Å².